The fourth-order valence-corrected chi connectivity index (χ4v) is 4.96. The second kappa shape index (κ2) is 11.7. The summed E-state index contributed by atoms with van der Waals surface area (Å²) < 4.78 is 19.2. The van der Waals surface area contributed by atoms with Gasteiger partial charge in [-0.3, -0.25) is 4.79 Å². The smallest absolute Gasteiger partial charge is 0.319 e. The van der Waals surface area contributed by atoms with E-state index in [0.717, 1.165) is 25.7 Å². The molecule has 3 N–H and O–H groups in total. The average molecular weight is 537 g/mol. The minimum Gasteiger partial charge on any atom is -0.483 e. The first-order chi connectivity index (χ1) is 16.9. The van der Waals surface area contributed by atoms with Gasteiger partial charge in [0, 0.05) is 16.4 Å². The number of benzene rings is 2. The highest BCUT2D eigenvalue weighted by Crippen LogP contribution is 2.26. The van der Waals surface area contributed by atoms with Gasteiger partial charge < -0.3 is 20.7 Å². The van der Waals surface area contributed by atoms with Gasteiger partial charge in [0.1, 0.15) is 17.3 Å². The molecule has 1 fully saturated rings. The third-order valence-electron chi connectivity index (χ3n) is 5.55. The molecular formula is C24H23Cl2FN4O3S. The summed E-state index contributed by atoms with van der Waals surface area (Å²) in [5.41, 5.74) is 0.696. The Labute approximate surface area is 216 Å². The summed E-state index contributed by atoms with van der Waals surface area (Å²) in [4.78, 5) is 29.7. The Morgan fingerprint density at radius 3 is 2.57 bits per heavy atom. The van der Waals surface area contributed by atoms with Crippen molar-refractivity contribution in [2.75, 3.05) is 5.32 Å². The summed E-state index contributed by atoms with van der Waals surface area (Å²) in [6, 6.07) is 10.0. The first-order valence-electron chi connectivity index (χ1n) is 11.0. The Bertz CT molecular complexity index is 1210. The van der Waals surface area contributed by atoms with Crippen molar-refractivity contribution in [2.45, 2.75) is 44.4 Å². The van der Waals surface area contributed by atoms with Crippen LogP contribution in [-0.4, -0.2) is 29.0 Å². The molecule has 1 saturated carbocycles. The van der Waals surface area contributed by atoms with Crippen LogP contribution in [-0.2, 0) is 6.61 Å². The van der Waals surface area contributed by atoms with E-state index < -0.39 is 11.8 Å². The van der Waals surface area contributed by atoms with Crippen LogP contribution >= 0.6 is 34.5 Å². The molecule has 1 aliphatic rings. The van der Waals surface area contributed by atoms with Gasteiger partial charge in [-0.05, 0) is 43.2 Å². The van der Waals surface area contributed by atoms with Gasteiger partial charge in [0.05, 0.1) is 16.8 Å². The van der Waals surface area contributed by atoms with Gasteiger partial charge in [-0.1, -0.05) is 48.2 Å². The first-order valence-corrected chi connectivity index (χ1v) is 12.7. The van der Waals surface area contributed by atoms with Crippen molar-refractivity contribution < 1.29 is 18.7 Å². The Kier molecular flexibility index (Phi) is 8.43. The van der Waals surface area contributed by atoms with E-state index in [4.69, 9.17) is 27.9 Å². The van der Waals surface area contributed by atoms with Crippen LogP contribution in [0, 0.1) is 5.82 Å². The second-order valence-electron chi connectivity index (χ2n) is 8.04. The maximum absolute atomic E-state index is 13.7. The summed E-state index contributed by atoms with van der Waals surface area (Å²) in [5, 5.41) is 11.6. The largest absolute Gasteiger partial charge is 0.483 e. The second-order valence-corrected chi connectivity index (χ2v) is 9.83. The van der Waals surface area contributed by atoms with Crippen LogP contribution in [0.5, 0.6) is 5.75 Å². The van der Waals surface area contributed by atoms with Gasteiger partial charge >= 0.3 is 6.03 Å². The number of rotatable bonds is 7. The van der Waals surface area contributed by atoms with Gasteiger partial charge in [-0.15, -0.1) is 11.3 Å². The molecule has 35 heavy (non-hydrogen) atoms. The average Bonchev–Trinajstić information content (AvgIpc) is 3.31. The van der Waals surface area contributed by atoms with Crippen molar-refractivity contribution in [1.29, 1.82) is 0 Å². The van der Waals surface area contributed by atoms with Crippen molar-refractivity contribution in [1.82, 2.24) is 15.6 Å². The van der Waals surface area contributed by atoms with Gasteiger partial charge in [-0.2, -0.15) is 0 Å². The van der Waals surface area contributed by atoms with E-state index >= 15 is 0 Å². The molecule has 7 nitrogen and oxygen atoms in total. The lowest BCUT2D eigenvalue weighted by Crippen LogP contribution is -2.54. The number of aromatic nitrogens is 1. The molecule has 1 aromatic heterocycles. The minimum absolute atomic E-state index is 0.0555. The molecule has 184 valence electrons. The highest BCUT2D eigenvalue weighted by Gasteiger charge is 2.29. The van der Waals surface area contributed by atoms with E-state index in [1.165, 1.54) is 23.5 Å². The standard InChI is InChI=1S/C24H23Cl2FN4O3S/c25-14-9-10-17(15(26)11-14)30-24(33)31-19-7-3-2-6-18(19)29-23(32)20-13-35-22(28-20)12-34-21-8-4-1-5-16(21)27/h1,4-5,8-11,13,18-19H,2-3,6-7,12H2,(H,29,32)(H2,30,31,33)/t18-,19+/m0/s1. The highest BCUT2D eigenvalue weighted by atomic mass is 35.5. The molecule has 0 aliphatic heterocycles. The fraction of sp³-hybridized carbons (Fsp3) is 0.292. The predicted octanol–water partition coefficient (Wildman–Crippen LogP) is 6.03. The number of ether oxygens (including phenoxy) is 1. The first kappa shape index (κ1) is 25.2. The zero-order valence-electron chi connectivity index (χ0n) is 18.5. The SMILES string of the molecule is O=C(Nc1ccc(Cl)cc1Cl)N[C@@H]1CCCC[C@@H]1NC(=O)c1csc(COc2ccccc2F)n1. The Balaban J connectivity index is 1.32. The van der Waals surface area contributed by atoms with Crippen LogP contribution in [0.25, 0.3) is 0 Å². The van der Waals surface area contributed by atoms with Crippen molar-refractivity contribution in [3.63, 3.8) is 0 Å². The molecular weight excluding hydrogens is 514 g/mol. The van der Waals surface area contributed by atoms with E-state index in [9.17, 15) is 14.0 Å². The van der Waals surface area contributed by atoms with Gasteiger partial charge in [0.2, 0.25) is 0 Å². The molecule has 0 radical (unpaired) electrons. The van der Waals surface area contributed by atoms with Crippen LogP contribution in [0.1, 0.15) is 41.2 Å². The third-order valence-corrected chi connectivity index (χ3v) is 6.92. The molecule has 11 heteroatoms. The number of halogens is 3. The number of para-hydroxylation sites is 1. The number of thiazole rings is 1. The molecule has 0 saturated heterocycles. The van der Waals surface area contributed by atoms with Crippen LogP contribution in [0.4, 0.5) is 14.9 Å². The van der Waals surface area contributed by atoms with Crippen LogP contribution in [0.3, 0.4) is 0 Å². The van der Waals surface area contributed by atoms with Crippen molar-refractivity contribution in [2.24, 2.45) is 0 Å². The lowest BCUT2D eigenvalue weighted by Gasteiger charge is -2.32. The topological polar surface area (TPSA) is 92.4 Å². The molecule has 0 spiro atoms. The van der Waals surface area contributed by atoms with Crippen LogP contribution < -0.4 is 20.7 Å². The maximum Gasteiger partial charge on any atom is 0.319 e. The van der Waals surface area contributed by atoms with E-state index in [1.807, 2.05) is 0 Å². The lowest BCUT2D eigenvalue weighted by atomic mass is 9.90. The van der Waals surface area contributed by atoms with Gasteiger partial charge in [0.25, 0.3) is 5.91 Å². The van der Waals surface area contributed by atoms with Crippen molar-refractivity contribution in [3.8, 4) is 5.75 Å². The molecule has 3 amide bonds. The Morgan fingerprint density at radius 1 is 1.09 bits per heavy atom. The maximum atomic E-state index is 13.7. The van der Waals surface area contributed by atoms with Crippen molar-refractivity contribution >= 4 is 52.2 Å². The molecule has 0 unspecified atom stereocenters. The molecule has 3 aromatic rings. The van der Waals surface area contributed by atoms with Gasteiger partial charge in [-0.25, -0.2) is 14.2 Å². The normalized spacial score (nSPS) is 17.5. The Hall–Kier alpha value is -2.88. The van der Waals surface area contributed by atoms with E-state index in [-0.39, 0.29) is 36.0 Å². The van der Waals surface area contributed by atoms with Crippen LogP contribution in [0.2, 0.25) is 10.0 Å². The number of hydrogen-bond acceptors (Lipinski definition) is 5. The number of urea groups is 1. The van der Waals surface area contributed by atoms with Crippen LogP contribution in [0.15, 0.2) is 47.8 Å². The quantitative estimate of drug-likeness (QED) is 0.343. The Morgan fingerprint density at radius 2 is 1.83 bits per heavy atom. The number of nitrogens with one attached hydrogen (secondary N) is 3. The molecule has 0 bridgehead atoms. The number of carbonyl (C=O) groups is 2. The van der Waals surface area contributed by atoms with E-state index in [2.05, 4.69) is 20.9 Å². The predicted molar refractivity (Wildman–Crippen MR) is 135 cm³/mol. The van der Waals surface area contributed by atoms with E-state index in [1.54, 1.807) is 35.7 Å². The highest BCUT2D eigenvalue weighted by molar-refractivity contribution is 7.09. The monoisotopic (exact) mass is 536 g/mol. The number of nitrogens with zero attached hydrogens (tertiary/aromatic N) is 1. The summed E-state index contributed by atoms with van der Waals surface area (Å²) in [7, 11) is 0. The molecule has 2 atom stereocenters. The minimum atomic E-state index is -0.458. The fourth-order valence-electron chi connectivity index (χ4n) is 3.82. The van der Waals surface area contributed by atoms with E-state index in [0.29, 0.717) is 20.7 Å². The number of anilines is 1. The summed E-state index contributed by atoms with van der Waals surface area (Å²) >= 11 is 13.3. The number of carbonyl (C=O) groups excluding carboxylic acids is 2. The summed E-state index contributed by atoms with van der Waals surface area (Å²) in [6.07, 6.45) is 3.33. The number of amides is 3. The zero-order valence-corrected chi connectivity index (χ0v) is 20.9. The summed E-state index contributed by atoms with van der Waals surface area (Å²) in [6.45, 7) is 0.0555. The molecule has 4 rings (SSSR count). The van der Waals surface area contributed by atoms with Crippen molar-refractivity contribution in [3.05, 3.63) is 74.4 Å². The van der Waals surface area contributed by atoms with Gasteiger partial charge in [0.15, 0.2) is 11.6 Å². The summed E-state index contributed by atoms with van der Waals surface area (Å²) in [5.74, 6) is -0.665. The molecule has 2 aromatic carbocycles. The third kappa shape index (κ3) is 6.84. The molecule has 1 aliphatic carbocycles. The molecule has 1 heterocycles. The lowest BCUT2D eigenvalue weighted by molar-refractivity contribution is 0.0911. The number of hydrogen-bond donors (Lipinski definition) is 3. The zero-order chi connectivity index (χ0) is 24.8.